The van der Waals surface area contributed by atoms with Gasteiger partial charge in [0.05, 0.1) is 6.54 Å². The maximum Gasteiger partial charge on any atom is 0.222 e. The molecule has 0 spiro atoms. The first-order valence-corrected chi connectivity index (χ1v) is 8.88. The van der Waals surface area contributed by atoms with Gasteiger partial charge in [-0.3, -0.25) is 4.79 Å². The van der Waals surface area contributed by atoms with Gasteiger partial charge < -0.3 is 19.4 Å². The fourth-order valence-electron chi connectivity index (χ4n) is 3.33. The van der Waals surface area contributed by atoms with Crippen LogP contribution in [0.1, 0.15) is 12.0 Å². The van der Waals surface area contributed by atoms with Crippen LogP contribution >= 0.6 is 0 Å². The Hall–Kier alpha value is -2.95. The number of H-pyrrole nitrogens is 1. The van der Waals surface area contributed by atoms with Gasteiger partial charge in [-0.05, 0) is 30.2 Å². The molecule has 0 aliphatic carbocycles. The van der Waals surface area contributed by atoms with Crippen LogP contribution in [0.4, 0.5) is 0 Å². The van der Waals surface area contributed by atoms with E-state index < -0.39 is 0 Å². The minimum Gasteiger partial charge on any atom is -0.486 e. The Morgan fingerprint density at radius 3 is 2.81 bits per heavy atom. The Bertz CT molecular complexity index is 918. The largest absolute Gasteiger partial charge is 0.486 e. The lowest BCUT2D eigenvalue weighted by Crippen LogP contribution is -2.41. The molecule has 5 nitrogen and oxygen atoms in total. The van der Waals surface area contributed by atoms with E-state index in [2.05, 4.69) is 11.1 Å². The Morgan fingerprint density at radius 2 is 1.92 bits per heavy atom. The van der Waals surface area contributed by atoms with Crippen LogP contribution in [-0.4, -0.2) is 42.1 Å². The third-order valence-corrected chi connectivity index (χ3v) is 4.75. The van der Waals surface area contributed by atoms with Crippen LogP contribution in [0.3, 0.4) is 0 Å². The van der Waals surface area contributed by atoms with E-state index in [-0.39, 0.29) is 12.0 Å². The molecule has 1 aliphatic heterocycles. The molecule has 2 aromatic carbocycles. The molecule has 1 amide bonds. The number of likely N-dealkylation sites (N-methyl/N-ethyl adjacent to an activating group) is 1. The summed E-state index contributed by atoms with van der Waals surface area (Å²) >= 11 is 0. The van der Waals surface area contributed by atoms with E-state index in [9.17, 15) is 4.79 Å². The quantitative estimate of drug-likeness (QED) is 0.767. The summed E-state index contributed by atoms with van der Waals surface area (Å²) in [6, 6.07) is 15.8. The van der Waals surface area contributed by atoms with E-state index >= 15 is 0 Å². The highest BCUT2D eigenvalue weighted by atomic mass is 16.6. The number of carbonyl (C=O) groups excluding carboxylic acids is 1. The lowest BCUT2D eigenvalue weighted by Gasteiger charge is -2.29. The van der Waals surface area contributed by atoms with E-state index in [4.69, 9.17) is 9.47 Å². The first-order valence-electron chi connectivity index (χ1n) is 8.88. The summed E-state index contributed by atoms with van der Waals surface area (Å²) < 4.78 is 11.7. The fourth-order valence-corrected chi connectivity index (χ4v) is 3.33. The fraction of sp³-hybridized carbons (Fsp3) is 0.286. The summed E-state index contributed by atoms with van der Waals surface area (Å²) in [7, 11) is 1.82. The van der Waals surface area contributed by atoms with Crippen molar-refractivity contribution >= 4 is 16.8 Å². The van der Waals surface area contributed by atoms with Crippen LogP contribution in [-0.2, 0) is 11.2 Å². The molecule has 3 aromatic rings. The molecule has 5 heteroatoms. The van der Waals surface area contributed by atoms with Crippen molar-refractivity contribution in [1.29, 1.82) is 0 Å². The first kappa shape index (κ1) is 16.5. The Kier molecular flexibility index (Phi) is 4.52. The number of fused-ring (bicyclic) bond motifs is 2. The van der Waals surface area contributed by atoms with Crippen molar-refractivity contribution in [1.82, 2.24) is 9.88 Å². The molecule has 4 rings (SSSR count). The second kappa shape index (κ2) is 7.12. The zero-order chi connectivity index (χ0) is 17.9. The summed E-state index contributed by atoms with van der Waals surface area (Å²) in [4.78, 5) is 17.5. The molecule has 0 bridgehead atoms. The predicted molar refractivity (Wildman–Crippen MR) is 101 cm³/mol. The standard InChI is InChI=1S/C21H22N2O3/c1-23(13-16-14-25-19-8-4-5-9-20(19)26-16)21(24)11-10-15-12-22-18-7-3-2-6-17(15)18/h2-9,12,16,22H,10-11,13-14H2,1H3. The average Bonchev–Trinajstić information content (AvgIpc) is 3.09. The molecule has 0 saturated heterocycles. The third-order valence-electron chi connectivity index (χ3n) is 4.75. The molecule has 1 N–H and O–H groups in total. The molecule has 0 radical (unpaired) electrons. The number of benzene rings is 2. The zero-order valence-corrected chi connectivity index (χ0v) is 14.8. The number of hydrogen-bond donors (Lipinski definition) is 1. The van der Waals surface area contributed by atoms with Crippen LogP contribution in [0.5, 0.6) is 11.5 Å². The van der Waals surface area contributed by atoms with Gasteiger partial charge in [0.1, 0.15) is 6.61 Å². The number of para-hydroxylation sites is 3. The number of nitrogens with one attached hydrogen (secondary N) is 1. The molecule has 1 atom stereocenters. The van der Waals surface area contributed by atoms with E-state index in [1.165, 1.54) is 10.9 Å². The Morgan fingerprint density at radius 1 is 1.15 bits per heavy atom. The van der Waals surface area contributed by atoms with Crippen molar-refractivity contribution in [2.24, 2.45) is 0 Å². The van der Waals surface area contributed by atoms with Gasteiger partial charge in [0, 0.05) is 30.6 Å². The molecule has 26 heavy (non-hydrogen) atoms. The van der Waals surface area contributed by atoms with Gasteiger partial charge in [0.25, 0.3) is 0 Å². The highest BCUT2D eigenvalue weighted by Crippen LogP contribution is 2.31. The van der Waals surface area contributed by atoms with E-state index in [0.29, 0.717) is 19.6 Å². The molecule has 0 saturated carbocycles. The minimum absolute atomic E-state index is 0.109. The van der Waals surface area contributed by atoms with Gasteiger partial charge in [-0.15, -0.1) is 0 Å². The second-order valence-corrected chi connectivity index (χ2v) is 6.63. The number of rotatable bonds is 5. The molecular weight excluding hydrogens is 328 g/mol. The number of aromatic amines is 1. The number of ether oxygens (including phenoxy) is 2. The second-order valence-electron chi connectivity index (χ2n) is 6.63. The van der Waals surface area contributed by atoms with Gasteiger partial charge in [0.15, 0.2) is 17.6 Å². The summed E-state index contributed by atoms with van der Waals surface area (Å²) in [6.07, 6.45) is 3.04. The minimum atomic E-state index is -0.146. The van der Waals surface area contributed by atoms with Crippen molar-refractivity contribution in [2.75, 3.05) is 20.2 Å². The average molecular weight is 350 g/mol. The molecule has 134 valence electrons. The zero-order valence-electron chi connectivity index (χ0n) is 14.8. The molecule has 2 heterocycles. The van der Waals surface area contributed by atoms with Gasteiger partial charge in [-0.25, -0.2) is 0 Å². The Labute approximate surface area is 152 Å². The lowest BCUT2D eigenvalue weighted by atomic mass is 10.1. The number of aromatic nitrogens is 1. The van der Waals surface area contributed by atoms with Crippen molar-refractivity contribution < 1.29 is 14.3 Å². The summed E-state index contributed by atoms with van der Waals surface area (Å²) in [5, 5.41) is 1.18. The normalized spacial score (nSPS) is 15.8. The monoisotopic (exact) mass is 350 g/mol. The van der Waals surface area contributed by atoms with Crippen LogP contribution in [0.2, 0.25) is 0 Å². The van der Waals surface area contributed by atoms with Crippen LogP contribution in [0.25, 0.3) is 10.9 Å². The topological polar surface area (TPSA) is 54.6 Å². The summed E-state index contributed by atoms with van der Waals surface area (Å²) in [5.74, 6) is 1.61. The smallest absolute Gasteiger partial charge is 0.222 e. The van der Waals surface area contributed by atoms with Gasteiger partial charge in [-0.2, -0.15) is 0 Å². The van der Waals surface area contributed by atoms with Crippen molar-refractivity contribution in [3.63, 3.8) is 0 Å². The molecule has 0 fully saturated rings. The number of nitrogens with zero attached hydrogens (tertiary/aromatic N) is 1. The van der Waals surface area contributed by atoms with E-state index in [1.54, 1.807) is 4.90 Å². The van der Waals surface area contributed by atoms with Crippen LogP contribution in [0.15, 0.2) is 54.7 Å². The van der Waals surface area contributed by atoms with Crippen molar-refractivity contribution in [3.05, 3.63) is 60.3 Å². The number of aryl methyl sites for hydroxylation is 1. The maximum atomic E-state index is 12.5. The summed E-state index contributed by atoms with van der Waals surface area (Å²) in [5.41, 5.74) is 2.28. The summed E-state index contributed by atoms with van der Waals surface area (Å²) in [6.45, 7) is 0.970. The van der Waals surface area contributed by atoms with E-state index in [0.717, 1.165) is 23.4 Å². The van der Waals surface area contributed by atoms with Gasteiger partial charge >= 0.3 is 0 Å². The number of hydrogen-bond acceptors (Lipinski definition) is 3. The van der Waals surface area contributed by atoms with Crippen LogP contribution in [0, 0.1) is 0 Å². The first-order chi connectivity index (χ1) is 12.7. The van der Waals surface area contributed by atoms with Crippen molar-refractivity contribution in [2.45, 2.75) is 18.9 Å². The van der Waals surface area contributed by atoms with Crippen LogP contribution < -0.4 is 9.47 Å². The van der Waals surface area contributed by atoms with E-state index in [1.807, 2.05) is 55.7 Å². The number of carbonyl (C=O) groups is 1. The van der Waals surface area contributed by atoms with Gasteiger partial charge in [-0.1, -0.05) is 30.3 Å². The maximum absolute atomic E-state index is 12.5. The van der Waals surface area contributed by atoms with Gasteiger partial charge in [0.2, 0.25) is 5.91 Å². The Balaban J connectivity index is 1.32. The van der Waals surface area contributed by atoms with Crippen molar-refractivity contribution in [3.8, 4) is 11.5 Å². The lowest BCUT2D eigenvalue weighted by molar-refractivity contribution is -0.131. The molecule has 1 aliphatic rings. The number of amides is 1. The third kappa shape index (κ3) is 3.38. The molecular formula is C21H22N2O3. The molecule has 1 unspecified atom stereocenters. The molecule has 1 aromatic heterocycles. The SMILES string of the molecule is CN(CC1COc2ccccc2O1)C(=O)CCc1c[nH]c2ccccc12. The highest BCUT2D eigenvalue weighted by molar-refractivity contribution is 5.84. The highest BCUT2D eigenvalue weighted by Gasteiger charge is 2.23. The predicted octanol–water partition coefficient (Wildman–Crippen LogP) is 3.40.